The van der Waals surface area contributed by atoms with Gasteiger partial charge in [0.1, 0.15) is 5.60 Å². The zero-order valence-electron chi connectivity index (χ0n) is 8.45. The Morgan fingerprint density at radius 3 is 2.71 bits per heavy atom. The van der Waals surface area contributed by atoms with Crippen LogP contribution in [-0.2, 0) is 5.60 Å². The normalized spacial score (nSPS) is 20.6. The zero-order chi connectivity index (χ0) is 10.0. The highest BCUT2D eigenvalue weighted by molar-refractivity contribution is 5.28. The van der Waals surface area contributed by atoms with E-state index in [1.807, 2.05) is 22.9 Å². The molecular weight excluding hydrogens is 174 g/mol. The first kappa shape index (κ1) is 9.53. The van der Waals surface area contributed by atoms with Gasteiger partial charge < -0.3 is 9.67 Å². The standard InChI is InChI=1S/C12H17NO/c1-2-13-10-6-7-11(13)12(14)8-4-3-5-9-12/h2,6-7,10,14H,1,3-5,8-9H2. The molecule has 0 aliphatic heterocycles. The maximum atomic E-state index is 10.5. The van der Waals surface area contributed by atoms with Crippen LogP contribution in [0.2, 0.25) is 0 Å². The van der Waals surface area contributed by atoms with E-state index in [0.717, 1.165) is 31.4 Å². The average Bonchev–Trinajstić information content (AvgIpc) is 2.67. The van der Waals surface area contributed by atoms with Crippen molar-refractivity contribution in [1.82, 2.24) is 4.57 Å². The van der Waals surface area contributed by atoms with E-state index in [1.54, 1.807) is 6.20 Å². The molecule has 76 valence electrons. The summed E-state index contributed by atoms with van der Waals surface area (Å²) >= 11 is 0. The summed E-state index contributed by atoms with van der Waals surface area (Å²) in [6, 6.07) is 3.95. The summed E-state index contributed by atoms with van der Waals surface area (Å²) in [7, 11) is 0. The minimum absolute atomic E-state index is 0.615. The van der Waals surface area contributed by atoms with Crippen LogP contribution in [0.25, 0.3) is 6.20 Å². The molecule has 0 atom stereocenters. The van der Waals surface area contributed by atoms with E-state index < -0.39 is 5.60 Å². The fourth-order valence-electron chi connectivity index (χ4n) is 2.34. The molecule has 0 radical (unpaired) electrons. The van der Waals surface area contributed by atoms with E-state index in [-0.39, 0.29) is 0 Å². The lowest BCUT2D eigenvalue weighted by molar-refractivity contribution is -0.00564. The highest BCUT2D eigenvalue weighted by Crippen LogP contribution is 2.37. The van der Waals surface area contributed by atoms with Crippen molar-refractivity contribution in [2.45, 2.75) is 37.7 Å². The summed E-state index contributed by atoms with van der Waals surface area (Å²) in [5.74, 6) is 0. The quantitative estimate of drug-likeness (QED) is 0.764. The van der Waals surface area contributed by atoms with E-state index in [4.69, 9.17) is 0 Å². The van der Waals surface area contributed by atoms with Crippen LogP contribution in [0.5, 0.6) is 0 Å². The van der Waals surface area contributed by atoms with Crippen LogP contribution in [0.15, 0.2) is 24.9 Å². The first-order valence-electron chi connectivity index (χ1n) is 5.28. The molecule has 2 nitrogen and oxygen atoms in total. The lowest BCUT2D eigenvalue weighted by atomic mass is 9.82. The van der Waals surface area contributed by atoms with Gasteiger partial charge in [0.15, 0.2) is 0 Å². The largest absolute Gasteiger partial charge is 0.384 e. The lowest BCUT2D eigenvalue weighted by Crippen LogP contribution is -2.30. The predicted molar refractivity (Wildman–Crippen MR) is 57.8 cm³/mol. The molecule has 0 bridgehead atoms. The number of rotatable bonds is 2. The van der Waals surface area contributed by atoms with E-state index in [2.05, 4.69) is 6.58 Å². The Balaban J connectivity index is 2.31. The molecule has 0 saturated heterocycles. The Kier molecular flexibility index (Phi) is 2.46. The van der Waals surface area contributed by atoms with Crippen molar-refractivity contribution < 1.29 is 5.11 Å². The molecule has 0 amide bonds. The van der Waals surface area contributed by atoms with E-state index in [0.29, 0.717) is 0 Å². The summed E-state index contributed by atoms with van der Waals surface area (Å²) in [5, 5.41) is 10.5. The number of aromatic nitrogens is 1. The van der Waals surface area contributed by atoms with Crippen molar-refractivity contribution >= 4 is 6.20 Å². The molecular formula is C12H17NO. The van der Waals surface area contributed by atoms with Crippen molar-refractivity contribution in [3.05, 3.63) is 30.6 Å². The third-order valence-electron chi connectivity index (χ3n) is 3.13. The highest BCUT2D eigenvalue weighted by atomic mass is 16.3. The number of hydrogen-bond donors (Lipinski definition) is 1. The second-order valence-corrected chi connectivity index (χ2v) is 4.08. The third-order valence-corrected chi connectivity index (χ3v) is 3.13. The van der Waals surface area contributed by atoms with Crippen LogP contribution in [-0.4, -0.2) is 9.67 Å². The molecule has 2 rings (SSSR count). The Hall–Kier alpha value is -1.02. The van der Waals surface area contributed by atoms with Crippen molar-refractivity contribution in [3.8, 4) is 0 Å². The molecule has 2 heteroatoms. The Bertz CT molecular complexity index is 321. The molecule has 0 spiro atoms. The van der Waals surface area contributed by atoms with Gasteiger partial charge in [-0.3, -0.25) is 0 Å². The maximum absolute atomic E-state index is 10.5. The topological polar surface area (TPSA) is 25.2 Å². The number of hydrogen-bond acceptors (Lipinski definition) is 1. The lowest BCUT2D eigenvalue weighted by Gasteiger charge is -2.32. The molecule has 1 heterocycles. The van der Waals surface area contributed by atoms with Crippen LogP contribution in [0.4, 0.5) is 0 Å². The number of aliphatic hydroxyl groups is 1. The minimum Gasteiger partial charge on any atom is -0.384 e. The van der Waals surface area contributed by atoms with Crippen LogP contribution < -0.4 is 0 Å². The molecule has 14 heavy (non-hydrogen) atoms. The summed E-state index contributed by atoms with van der Waals surface area (Å²) in [4.78, 5) is 0. The SMILES string of the molecule is C=Cn1cccc1C1(O)CCCCC1. The molecule has 1 fully saturated rings. The Morgan fingerprint density at radius 2 is 2.07 bits per heavy atom. The van der Waals surface area contributed by atoms with Gasteiger partial charge in [-0.25, -0.2) is 0 Å². The van der Waals surface area contributed by atoms with Crippen molar-refractivity contribution in [3.63, 3.8) is 0 Å². The van der Waals surface area contributed by atoms with Crippen LogP contribution in [0.1, 0.15) is 37.8 Å². The molecule has 1 saturated carbocycles. The Labute approximate surface area is 84.9 Å². The fourth-order valence-corrected chi connectivity index (χ4v) is 2.34. The minimum atomic E-state index is -0.615. The van der Waals surface area contributed by atoms with Crippen LogP contribution in [0.3, 0.4) is 0 Å². The van der Waals surface area contributed by atoms with Crippen LogP contribution >= 0.6 is 0 Å². The summed E-state index contributed by atoms with van der Waals surface area (Å²) in [6.07, 6.45) is 8.95. The molecule has 0 aromatic carbocycles. The first-order valence-corrected chi connectivity index (χ1v) is 5.28. The molecule has 0 unspecified atom stereocenters. The molecule has 1 N–H and O–H groups in total. The van der Waals surface area contributed by atoms with Crippen LogP contribution in [0, 0.1) is 0 Å². The van der Waals surface area contributed by atoms with Gasteiger partial charge in [-0.15, -0.1) is 0 Å². The second-order valence-electron chi connectivity index (χ2n) is 4.08. The molecule has 1 aliphatic rings. The third kappa shape index (κ3) is 1.50. The Morgan fingerprint density at radius 1 is 1.36 bits per heavy atom. The maximum Gasteiger partial charge on any atom is 0.105 e. The van der Waals surface area contributed by atoms with Gasteiger partial charge in [0, 0.05) is 12.4 Å². The van der Waals surface area contributed by atoms with Gasteiger partial charge in [0.25, 0.3) is 0 Å². The zero-order valence-corrected chi connectivity index (χ0v) is 8.45. The van der Waals surface area contributed by atoms with Crippen molar-refractivity contribution in [2.75, 3.05) is 0 Å². The molecule has 1 aliphatic carbocycles. The second kappa shape index (κ2) is 3.62. The molecule has 1 aromatic rings. The van der Waals surface area contributed by atoms with Crippen molar-refractivity contribution in [1.29, 1.82) is 0 Å². The highest BCUT2D eigenvalue weighted by Gasteiger charge is 2.32. The number of nitrogens with zero attached hydrogens (tertiary/aromatic N) is 1. The van der Waals surface area contributed by atoms with Gasteiger partial charge in [0.2, 0.25) is 0 Å². The first-order chi connectivity index (χ1) is 6.76. The smallest absolute Gasteiger partial charge is 0.105 e. The van der Waals surface area contributed by atoms with E-state index in [9.17, 15) is 5.11 Å². The van der Waals surface area contributed by atoms with E-state index >= 15 is 0 Å². The van der Waals surface area contributed by atoms with Gasteiger partial charge in [-0.05, 0) is 25.0 Å². The summed E-state index contributed by atoms with van der Waals surface area (Å²) < 4.78 is 1.92. The average molecular weight is 191 g/mol. The van der Waals surface area contributed by atoms with Gasteiger partial charge >= 0.3 is 0 Å². The van der Waals surface area contributed by atoms with Gasteiger partial charge in [0.05, 0.1) is 5.69 Å². The monoisotopic (exact) mass is 191 g/mol. The predicted octanol–water partition coefficient (Wildman–Crippen LogP) is 2.74. The van der Waals surface area contributed by atoms with Crippen molar-refractivity contribution in [2.24, 2.45) is 0 Å². The molecule has 1 aromatic heterocycles. The van der Waals surface area contributed by atoms with Gasteiger partial charge in [-0.2, -0.15) is 0 Å². The summed E-state index contributed by atoms with van der Waals surface area (Å²) in [6.45, 7) is 3.74. The van der Waals surface area contributed by atoms with E-state index in [1.165, 1.54) is 6.42 Å². The van der Waals surface area contributed by atoms with Gasteiger partial charge in [-0.1, -0.05) is 25.8 Å². The fraction of sp³-hybridized carbons (Fsp3) is 0.500. The summed E-state index contributed by atoms with van der Waals surface area (Å²) in [5.41, 5.74) is 0.378.